The van der Waals surface area contributed by atoms with Crippen LogP contribution in [0, 0.1) is 0 Å². The molecule has 1 saturated heterocycles. The molecule has 1 atom stereocenters. The summed E-state index contributed by atoms with van der Waals surface area (Å²) in [5.74, 6) is 2.04. The Bertz CT molecular complexity index is 728. The molecule has 0 N–H and O–H groups in total. The summed E-state index contributed by atoms with van der Waals surface area (Å²) in [7, 11) is 0. The van der Waals surface area contributed by atoms with E-state index in [0.29, 0.717) is 24.0 Å². The normalized spacial score (nSPS) is 20.3. The van der Waals surface area contributed by atoms with Crippen LogP contribution in [0.25, 0.3) is 0 Å². The lowest BCUT2D eigenvalue weighted by Crippen LogP contribution is -2.36. The quantitative estimate of drug-likeness (QED) is 0.849. The number of pyridine rings is 1. The van der Waals surface area contributed by atoms with Crippen LogP contribution in [0.4, 0.5) is 0 Å². The number of amides is 1. The van der Waals surface area contributed by atoms with Gasteiger partial charge in [-0.15, -0.1) is 0 Å². The van der Waals surface area contributed by atoms with Crippen molar-refractivity contribution in [2.75, 3.05) is 26.2 Å². The van der Waals surface area contributed by atoms with Gasteiger partial charge in [0, 0.05) is 38.3 Å². The third-order valence-electron chi connectivity index (χ3n) is 5.01. The van der Waals surface area contributed by atoms with Crippen molar-refractivity contribution in [2.24, 2.45) is 0 Å². The molecule has 1 aliphatic carbocycles. The molecule has 1 amide bonds. The van der Waals surface area contributed by atoms with Crippen LogP contribution < -0.4 is 0 Å². The SMILES string of the molecule is CC(c1nc(C2CC2)no1)N1CCCN(C(=O)c2ccccn2)CC1. The molecule has 25 heavy (non-hydrogen) atoms. The molecule has 2 fully saturated rings. The Morgan fingerprint density at radius 3 is 2.88 bits per heavy atom. The predicted molar refractivity (Wildman–Crippen MR) is 91.0 cm³/mol. The van der Waals surface area contributed by atoms with E-state index in [-0.39, 0.29) is 11.9 Å². The molecule has 3 heterocycles. The van der Waals surface area contributed by atoms with Gasteiger partial charge in [0.1, 0.15) is 5.69 Å². The topological polar surface area (TPSA) is 75.4 Å². The minimum atomic E-state index is 0.00362. The number of aromatic nitrogens is 3. The molecule has 1 aliphatic heterocycles. The lowest BCUT2D eigenvalue weighted by molar-refractivity contribution is 0.0751. The van der Waals surface area contributed by atoms with Gasteiger partial charge in [-0.25, -0.2) is 0 Å². The summed E-state index contributed by atoms with van der Waals surface area (Å²) in [5, 5.41) is 4.11. The van der Waals surface area contributed by atoms with Crippen LogP contribution in [0.15, 0.2) is 28.9 Å². The lowest BCUT2D eigenvalue weighted by Gasteiger charge is -2.25. The fourth-order valence-corrected chi connectivity index (χ4v) is 3.26. The van der Waals surface area contributed by atoms with Gasteiger partial charge in [0.15, 0.2) is 5.82 Å². The number of rotatable bonds is 4. The van der Waals surface area contributed by atoms with Crippen LogP contribution >= 0.6 is 0 Å². The molecule has 1 unspecified atom stereocenters. The van der Waals surface area contributed by atoms with Gasteiger partial charge in [0.25, 0.3) is 5.91 Å². The standard InChI is InChI=1S/C18H23N5O2/c1-13(17-20-16(21-25-17)14-6-7-14)22-9-4-10-23(12-11-22)18(24)15-5-2-3-8-19-15/h2-3,5,8,13-14H,4,6-7,9-12H2,1H3. The minimum absolute atomic E-state index is 0.00362. The minimum Gasteiger partial charge on any atom is -0.338 e. The lowest BCUT2D eigenvalue weighted by atomic mass is 10.2. The van der Waals surface area contributed by atoms with Gasteiger partial charge in [-0.1, -0.05) is 11.2 Å². The van der Waals surface area contributed by atoms with Gasteiger partial charge in [-0.3, -0.25) is 14.7 Å². The van der Waals surface area contributed by atoms with Crippen molar-refractivity contribution in [2.45, 2.75) is 38.1 Å². The van der Waals surface area contributed by atoms with Crippen molar-refractivity contribution in [3.8, 4) is 0 Å². The molecule has 4 rings (SSSR count). The van der Waals surface area contributed by atoms with Crippen LogP contribution in [0.5, 0.6) is 0 Å². The molecule has 132 valence electrons. The van der Waals surface area contributed by atoms with Crippen molar-refractivity contribution in [1.82, 2.24) is 24.9 Å². The summed E-state index contributed by atoms with van der Waals surface area (Å²) in [4.78, 5) is 25.5. The molecule has 2 aromatic rings. The average Bonchev–Trinajstić information content (AvgIpc) is 3.43. The number of hydrogen-bond donors (Lipinski definition) is 0. The summed E-state index contributed by atoms with van der Waals surface area (Å²) in [6, 6.07) is 5.51. The number of carbonyl (C=O) groups is 1. The van der Waals surface area contributed by atoms with E-state index in [2.05, 4.69) is 26.9 Å². The summed E-state index contributed by atoms with van der Waals surface area (Å²) in [6.07, 6.45) is 4.92. The maximum atomic E-state index is 12.6. The molecular formula is C18H23N5O2. The largest absolute Gasteiger partial charge is 0.338 e. The Balaban J connectivity index is 1.39. The zero-order chi connectivity index (χ0) is 17.2. The van der Waals surface area contributed by atoms with Crippen molar-refractivity contribution in [1.29, 1.82) is 0 Å². The van der Waals surface area contributed by atoms with E-state index in [9.17, 15) is 4.79 Å². The third-order valence-corrected chi connectivity index (χ3v) is 5.01. The second kappa shape index (κ2) is 6.92. The van der Waals surface area contributed by atoms with E-state index in [1.807, 2.05) is 17.0 Å². The Morgan fingerprint density at radius 1 is 1.24 bits per heavy atom. The first kappa shape index (κ1) is 16.2. The molecule has 0 bridgehead atoms. The Labute approximate surface area is 147 Å². The molecule has 0 radical (unpaired) electrons. The van der Waals surface area contributed by atoms with E-state index < -0.39 is 0 Å². The summed E-state index contributed by atoms with van der Waals surface area (Å²) < 4.78 is 5.47. The van der Waals surface area contributed by atoms with Crippen molar-refractivity contribution in [3.63, 3.8) is 0 Å². The Morgan fingerprint density at radius 2 is 2.12 bits per heavy atom. The molecule has 0 spiro atoms. The van der Waals surface area contributed by atoms with Gasteiger partial charge in [-0.2, -0.15) is 4.98 Å². The van der Waals surface area contributed by atoms with E-state index >= 15 is 0 Å². The fourth-order valence-electron chi connectivity index (χ4n) is 3.26. The van der Waals surface area contributed by atoms with Crippen molar-refractivity contribution in [3.05, 3.63) is 41.8 Å². The highest BCUT2D eigenvalue weighted by molar-refractivity contribution is 5.92. The molecule has 2 aromatic heterocycles. The van der Waals surface area contributed by atoms with E-state index in [4.69, 9.17) is 4.52 Å². The van der Waals surface area contributed by atoms with Crippen molar-refractivity contribution >= 4 is 5.91 Å². The smallest absolute Gasteiger partial charge is 0.272 e. The highest BCUT2D eigenvalue weighted by Crippen LogP contribution is 2.38. The number of carbonyl (C=O) groups excluding carboxylic acids is 1. The fraction of sp³-hybridized carbons (Fsp3) is 0.556. The predicted octanol–water partition coefficient (Wildman–Crippen LogP) is 2.25. The highest BCUT2D eigenvalue weighted by Gasteiger charge is 2.31. The molecule has 0 aromatic carbocycles. The first-order valence-electron chi connectivity index (χ1n) is 9.00. The maximum Gasteiger partial charge on any atom is 0.272 e. The van der Waals surface area contributed by atoms with Gasteiger partial charge < -0.3 is 9.42 Å². The second-order valence-corrected chi connectivity index (χ2v) is 6.84. The third kappa shape index (κ3) is 3.56. The van der Waals surface area contributed by atoms with Gasteiger partial charge >= 0.3 is 0 Å². The second-order valence-electron chi connectivity index (χ2n) is 6.84. The highest BCUT2D eigenvalue weighted by atomic mass is 16.5. The maximum absolute atomic E-state index is 12.6. The van der Waals surface area contributed by atoms with E-state index in [1.165, 1.54) is 12.8 Å². The van der Waals surface area contributed by atoms with Crippen LogP contribution in [-0.4, -0.2) is 57.0 Å². The average molecular weight is 341 g/mol. The van der Waals surface area contributed by atoms with E-state index in [1.54, 1.807) is 12.3 Å². The molecule has 7 nitrogen and oxygen atoms in total. The Kier molecular flexibility index (Phi) is 4.48. The van der Waals surface area contributed by atoms with Gasteiger partial charge in [0.2, 0.25) is 5.89 Å². The summed E-state index contributed by atoms with van der Waals surface area (Å²) in [5.41, 5.74) is 0.509. The van der Waals surface area contributed by atoms with E-state index in [0.717, 1.165) is 31.9 Å². The molecular weight excluding hydrogens is 318 g/mol. The van der Waals surface area contributed by atoms with Gasteiger partial charge in [0.05, 0.1) is 6.04 Å². The molecule has 2 aliphatic rings. The van der Waals surface area contributed by atoms with Gasteiger partial charge in [-0.05, 0) is 38.3 Å². The number of hydrogen-bond acceptors (Lipinski definition) is 6. The van der Waals surface area contributed by atoms with Crippen molar-refractivity contribution < 1.29 is 9.32 Å². The van der Waals surface area contributed by atoms with Crippen LogP contribution in [0.1, 0.15) is 60.3 Å². The molecule has 1 saturated carbocycles. The Hall–Kier alpha value is -2.28. The first-order chi connectivity index (χ1) is 12.2. The number of nitrogens with zero attached hydrogens (tertiary/aromatic N) is 5. The van der Waals surface area contributed by atoms with Crippen LogP contribution in [0.2, 0.25) is 0 Å². The summed E-state index contributed by atoms with van der Waals surface area (Å²) >= 11 is 0. The zero-order valence-electron chi connectivity index (χ0n) is 14.5. The van der Waals surface area contributed by atoms with Crippen LogP contribution in [-0.2, 0) is 0 Å². The first-order valence-corrected chi connectivity index (χ1v) is 9.00. The monoisotopic (exact) mass is 341 g/mol. The van der Waals surface area contributed by atoms with Crippen LogP contribution in [0.3, 0.4) is 0 Å². The zero-order valence-corrected chi connectivity index (χ0v) is 14.5. The molecule has 7 heteroatoms. The summed E-state index contributed by atoms with van der Waals surface area (Å²) in [6.45, 7) is 5.23.